The van der Waals surface area contributed by atoms with Crippen LogP contribution in [0.25, 0.3) is 0 Å². The molecule has 2 aromatic heterocycles. The van der Waals surface area contributed by atoms with E-state index in [9.17, 15) is 4.79 Å². The van der Waals surface area contributed by atoms with E-state index in [1.54, 1.807) is 36.7 Å². The summed E-state index contributed by atoms with van der Waals surface area (Å²) in [4.78, 5) is 31.8. The Bertz CT molecular complexity index is 762. The van der Waals surface area contributed by atoms with Gasteiger partial charge in [0.15, 0.2) is 0 Å². The van der Waals surface area contributed by atoms with Crippen molar-refractivity contribution in [3.05, 3.63) is 41.9 Å². The summed E-state index contributed by atoms with van der Waals surface area (Å²) in [6, 6.07) is 0. The molecule has 4 rings (SSSR count). The molecule has 1 N–H and O–H groups in total. The number of nitrogens with one attached hydrogen (secondary N) is 1. The number of hydrogen-bond acceptors (Lipinski definition) is 7. The van der Waals surface area contributed by atoms with Gasteiger partial charge in [0.1, 0.15) is 23.4 Å². The standard InChI is InChI=1S/C17H20N6O2/c1-18-16-14(19-4-5-20-16)13-10-23(6-7-25-13)17(24)12-8-21-15(22-9-12)11-2-3-11/h4-5,8-9,11,13H,2-3,6-7,10H2,1H3,(H,18,20)/t13-/m1/s1. The summed E-state index contributed by atoms with van der Waals surface area (Å²) < 4.78 is 5.81. The molecule has 0 aromatic carbocycles. The van der Waals surface area contributed by atoms with Crippen LogP contribution in [-0.4, -0.2) is 57.5 Å². The van der Waals surface area contributed by atoms with Crippen molar-refractivity contribution in [1.82, 2.24) is 24.8 Å². The second-order valence-electron chi connectivity index (χ2n) is 6.26. The number of amides is 1. The third-order valence-corrected chi connectivity index (χ3v) is 4.48. The lowest BCUT2D eigenvalue weighted by atomic mass is 10.1. The summed E-state index contributed by atoms with van der Waals surface area (Å²) in [6.45, 7) is 1.42. The SMILES string of the molecule is CNc1nccnc1[C@H]1CN(C(=O)c2cnc(C3CC3)nc2)CCO1. The average molecular weight is 340 g/mol. The maximum absolute atomic E-state index is 12.8. The molecular weight excluding hydrogens is 320 g/mol. The summed E-state index contributed by atoms with van der Waals surface area (Å²) in [5.74, 6) is 1.91. The van der Waals surface area contributed by atoms with Crippen LogP contribution in [0.3, 0.4) is 0 Å². The summed E-state index contributed by atoms with van der Waals surface area (Å²) in [7, 11) is 1.79. The second kappa shape index (κ2) is 6.72. The number of carbonyl (C=O) groups is 1. The number of nitrogens with zero attached hydrogens (tertiary/aromatic N) is 5. The quantitative estimate of drug-likeness (QED) is 0.899. The van der Waals surface area contributed by atoms with Crippen LogP contribution in [0.1, 0.15) is 46.7 Å². The van der Waals surface area contributed by atoms with Crippen LogP contribution in [0.5, 0.6) is 0 Å². The number of aromatic nitrogens is 4. The first-order chi connectivity index (χ1) is 12.3. The summed E-state index contributed by atoms with van der Waals surface area (Å²) >= 11 is 0. The third-order valence-electron chi connectivity index (χ3n) is 4.48. The van der Waals surface area contributed by atoms with Gasteiger partial charge in [-0.1, -0.05) is 0 Å². The molecule has 0 bridgehead atoms. The van der Waals surface area contributed by atoms with Gasteiger partial charge < -0.3 is 15.0 Å². The molecule has 0 unspecified atom stereocenters. The Balaban J connectivity index is 1.49. The van der Waals surface area contributed by atoms with Crippen molar-refractivity contribution in [3.63, 3.8) is 0 Å². The molecule has 2 fully saturated rings. The highest BCUT2D eigenvalue weighted by Crippen LogP contribution is 2.37. The molecule has 1 amide bonds. The average Bonchev–Trinajstić information content (AvgIpc) is 3.53. The Morgan fingerprint density at radius 3 is 2.68 bits per heavy atom. The summed E-state index contributed by atoms with van der Waals surface area (Å²) in [5, 5.41) is 3.01. The number of rotatable bonds is 4. The zero-order valence-electron chi connectivity index (χ0n) is 14.1. The predicted octanol–water partition coefficient (Wildman–Crippen LogP) is 1.40. The molecule has 0 spiro atoms. The van der Waals surface area contributed by atoms with Gasteiger partial charge in [-0.05, 0) is 12.8 Å². The lowest BCUT2D eigenvalue weighted by molar-refractivity contribution is -0.0245. The van der Waals surface area contributed by atoms with Crippen molar-refractivity contribution < 1.29 is 9.53 Å². The highest BCUT2D eigenvalue weighted by molar-refractivity contribution is 5.93. The van der Waals surface area contributed by atoms with E-state index in [0.717, 1.165) is 18.7 Å². The molecule has 130 valence electrons. The van der Waals surface area contributed by atoms with E-state index in [0.29, 0.717) is 42.7 Å². The molecule has 0 radical (unpaired) electrons. The zero-order valence-corrected chi connectivity index (χ0v) is 14.1. The van der Waals surface area contributed by atoms with Gasteiger partial charge in [0.2, 0.25) is 0 Å². The Labute approximate surface area is 145 Å². The number of hydrogen-bond donors (Lipinski definition) is 1. The van der Waals surface area contributed by atoms with Crippen molar-refractivity contribution >= 4 is 11.7 Å². The first-order valence-corrected chi connectivity index (χ1v) is 8.47. The fourth-order valence-electron chi connectivity index (χ4n) is 2.96. The molecular formula is C17H20N6O2. The van der Waals surface area contributed by atoms with Gasteiger partial charge >= 0.3 is 0 Å². The van der Waals surface area contributed by atoms with Crippen LogP contribution in [0.15, 0.2) is 24.8 Å². The third kappa shape index (κ3) is 3.30. The summed E-state index contributed by atoms with van der Waals surface area (Å²) in [5.41, 5.74) is 1.22. The van der Waals surface area contributed by atoms with E-state index >= 15 is 0 Å². The lowest BCUT2D eigenvalue weighted by Gasteiger charge is -2.33. The highest BCUT2D eigenvalue weighted by atomic mass is 16.5. The molecule has 25 heavy (non-hydrogen) atoms. The maximum atomic E-state index is 12.8. The number of ether oxygens (including phenoxy) is 1. The van der Waals surface area contributed by atoms with E-state index in [-0.39, 0.29) is 12.0 Å². The first kappa shape index (κ1) is 15.9. The van der Waals surface area contributed by atoms with Gasteiger partial charge in [0, 0.05) is 44.3 Å². The Morgan fingerprint density at radius 2 is 1.96 bits per heavy atom. The predicted molar refractivity (Wildman–Crippen MR) is 90.2 cm³/mol. The minimum Gasteiger partial charge on any atom is -0.372 e. The van der Waals surface area contributed by atoms with Crippen LogP contribution < -0.4 is 5.32 Å². The maximum Gasteiger partial charge on any atom is 0.257 e. The second-order valence-corrected chi connectivity index (χ2v) is 6.26. The Morgan fingerprint density at radius 1 is 1.20 bits per heavy atom. The molecule has 1 saturated carbocycles. The van der Waals surface area contributed by atoms with Gasteiger partial charge in [-0.2, -0.15) is 0 Å². The van der Waals surface area contributed by atoms with Crippen molar-refractivity contribution in [1.29, 1.82) is 0 Å². The minimum absolute atomic E-state index is 0.0782. The fourth-order valence-corrected chi connectivity index (χ4v) is 2.96. The van der Waals surface area contributed by atoms with Gasteiger partial charge in [0.25, 0.3) is 5.91 Å². The van der Waals surface area contributed by atoms with Crippen LogP contribution in [0.4, 0.5) is 5.82 Å². The molecule has 1 saturated heterocycles. The molecule has 8 heteroatoms. The van der Waals surface area contributed by atoms with Gasteiger partial charge in [0.05, 0.1) is 18.7 Å². The van der Waals surface area contributed by atoms with Crippen LogP contribution in [-0.2, 0) is 4.74 Å². The molecule has 8 nitrogen and oxygen atoms in total. The number of carbonyl (C=O) groups excluding carboxylic acids is 1. The molecule has 3 heterocycles. The van der Waals surface area contributed by atoms with Crippen molar-refractivity contribution in [2.24, 2.45) is 0 Å². The number of morpholine rings is 1. The van der Waals surface area contributed by atoms with Crippen LogP contribution in [0.2, 0.25) is 0 Å². The number of anilines is 1. The van der Waals surface area contributed by atoms with Crippen molar-refractivity contribution in [2.75, 3.05) is 32.1 Å². The molecule has 2 aliphatic rings. The molecule has 2 aromatic rings. The van der Waals surface area contributed by atoms with Crippen LogP contribution in [0, 0.1) is 0 Å². The van der Waals surface area contributed by atoms with Gasteiger partial charge in [-0.15, -0.1) is 0 Å². The Kier molecular flexibility index (Phi) is 4.27. The van der Waals surface area contributed by atoms with Gasteiger partial charge in [-0.25, -0.2) is 15.0 Å². The van der Waals surface area contributed by atoms with E-state index in [1.165, 1.54) is 0 Å². The smallest absolute Gasteiger partial charge is 0.257 e. The topological polar surface area (TPSA) is 93.1 Å². The van der Waals surface area contributed by atoms with Crippen molar-refractivity contribution in [3.8, 4) is 0 Å². The van der Waals surface area contributed by atoms with E-state index in [4.69, 9.17) is 4.74 Å². The molecule has 1 aliphatic heterocycles. The Hall–Kier alpha value is -2.61. The first-order valence-electron chi connectivity index (χ1n) is 8.47. The normalized spacial score (nSPS) is 20.4. The monoisotopic (exact) mass is 340 g/mol. The van der Waals surface area contributed by atoms with Gasteiger partial charge in [-0.3, -0.25) is 9.78 Å². The minimum atomic E-state index is -0.305. The molecule has 1 aliphatic carbocycles. The largest absolute Gasteiger partial charge is 0.372 e. The van der Waals surface area contributed by atoms with Crippen molar-refractivity contribution in [2.45, 2.75) is 24.9 Å². The molecule has 1 atom stereocenters. The summed E-state index contributed by atoms with van der Waals surface area (Å²) in [6.07, 6.45) is 8.50. The van der Waals surface area contributed by atoms with E-state index in [1.807, 2.05) is 0 Å². The zero-order chi connectivity index (χ0) is 17.2. The van der Waals surface area contributed by atoms with E-state index in [2.05, 4.69) is 25.3 Å². The van der Waals surface area contributed by atoms with Crippen LogP contribution >= 0.6 is 0 Å². The highest BCUT2D eigenvalue weighted by Gasteiger charge is 2.30. The lowest BCUT2D eigenvalue weighted by Crippen LogP contribution is -2.42. The fraction of sp³-hybridized carbons (Fsp3) is 0.471. The van der Waals surface area contributed by atoms with E-state index < -0.39 is 0 Å².